The SMILES string of the molecule is C=C(C)NOCOc1ccc(C[C@H](N)C(=O)O)cc1. The van der Waals surface area contributed by atoms with Crippen LogP contribution in [0.2, 0.25) is 0 Å². The molecule has 0 bridgehead atoms. The van der Waals surface area contributed by atoms with E-state index in [-0.39, 0.29) is 13.2 Å². The van der Waals surface area contributed by atoms with Gasteiger partial charge in [-0.1, -0.05) is 18.7 Å². The molecule has 0 saturated heterocycles. The van der Waals surface area contributed by atoms with Crippen LogP contribution in [0.3, 0.4) is 0 Å². The smallest absolute Gasteiger partial charge is 0.320 e. The molecular formula is C13H18N2O4. The molecule has 0 fully saturated rings. The van der Waals surface area contributed by atoms with Crippen LogP contribution in [0.15, 0.2) is 36.5 Å². The van der Waals surface area contributed by atoms with Gasteiger partial charge < -0.3 is 15.6 Å². The summed E-state index contributed by atoms with van der Waals surface area (Å²) in [4.78, 5) is 15.6. The van der Waals surface area contributed by atoms with E-state index in [0.717, 1.165) is 5.56 Å². The third-order valence-corrected chi connectivity index (χ3v) is 2.23. The third kappa shape index (κ3) is 5.89. The molecule has 104 valence electrons. The van der Waals surface area contributed by atoms with Crippen molar-refractivity contribution < 1.29 is 19.5 Å². The summed E-state index contributed by atoms with van der Waals surface area (Å²) in [6.45, 7) is 5.41. The Hall–Kier alpha value is -2.05. The lowest BCUT2D eigenvalue weighted by atomic mass is 10.1. The monoisotopic (exact) mass is 266 g/mol. The summed E-state index contributed by atoms with van der Waals surface area (Å²) >= 11 is 0. The van der Waals surface area contributed by atoms with Gasteiger partial charge in [0.05, 0.1) is 0 Å². The molecule has 0 aliphatic carbocycles. The van der Waals surface area contributed by atoms with Crippen LogP contribution in [0.5, 0.6) is 5.75 Å². The number of aliphatic carboxylic acids is 1. The number of carbonyl (C=O) groups is 1. The molecule has 0 unspecified atom stereocenters. The number of nitrogens with one attached hydrogen (secondary N) is 1. The molecule has 1 atom stereocenters. The Morgan fingerprint density at radius 2 is 2.11 bits per heavy atom. The van der Waals surface area contributed by atoms with Crippen molar-refractivity contribution in [3.8, 4) is 5.75 Å². The predicted molar refractivity (Wildman–Crippen MR) is 70.3 cm³/mol. The third-order valence-electron chi connectivity index (χ3n) is 2.23. The number of allylic oxidation sites excluding steroid dienone is 1. The zero-order valence-corrected chi connectivity index (χ0v) is 10.8. The fraction of sp³-hybridized carbons (Fsp3) is 0.308. The number of carboxylic acid groups (broad SMARTS) is 1. The fourth-order valence-electron chi connectivity index (χ4n) is 1.31. The highest BCUT2D eigenvalue weighted by atomic mass is 16.8. The largest absolute Gasteiger partial charge is 0.480 e. The highest BCUT2D eigenvalue weighted by molar-refractivity contribution is 5.73. The minimum Gasteiger partial charge on any atom is -0.480 e. The van der Waals surface area contributed by atoms with Crippen molar-refractivity contribution in [2.75, 3.05) is 6.79 Å². The Labute approximate surface area is 111 Å². The van der Waals surface area contributed by atoms with Crippen LogP contribution in [0.1, 0.15) is 12.5 Å². The lowest BCUT2D eigenvalue weighted by molar-refractivity contribution is -0.138. The average molecular weight is 266 g/mol. The summed E-state index contributed by atoms with van der Waals surface area (Å²) in [6.07, 6.45) is 0.281. The number of nitrogens with two attached hydrogens (primary N) is 1. The molecule has 4 N–H and O–H groups in total. The summed E-state index contributed by atoms with van der Waals surface area (Å²) in [7, 11) is 0. The van der Waals surface area contributed by atoms with Gasteiger partial charge in [0.2, 0.25) is 6.79 Å². The second-order valence-corrected chi connectivity index (χ2v) is 4.08. The molecule has 0 aromatic heterocycles. The molecule has 0 aliphatic rings. The standard InChI is InChI=1S/C13H18N2O4/c1-9(2)15-19-8-18-11-5-3-10(4-6-11)7-12(14)13(16)17/h3-6,12,15H,1,7-8,14H2,2H3,(H,16,17)/t12-/m0/s1. The topological polar surface area (TPSA) is 93.8 Å². The van der Waals surface area contributed by atoms with Gasteiger partial charge in [-0.2, -0.15) is 0 Å². The van der Waals surface area contributed by atoms with E-state index in [1.165, 1.54) is 0 Å². The zero-order chi connectivity index (χ0) is 14.3. The Kier molecular flexibility index (Phi) is 5.84. The first-order chi connectivity index (χ1) is 8.99. The predicted octanol–water partition coefficient (Wildman–Crippen LogP) is 1.03. The Morgan fingerprint density at radius 1 is 1.47 bits per heavy atom. The zero-order valence-electron chi connectivity index (χ0n) is 10.8. The van der Waals surface area contributed by atoms with Crippen molar-refractivity contribution in [2.24, 2.45) is 5.73 Å². The van der Waals surface area contributed by atoms with E-state index >= 15 is 0 Å². The molecule has 0 radical (unpaired) electrons. The maximum Gasteiger partial charge on any atom is 0.320 e. The van der Waals surface area contributed by atoms with Crippen molar-refractivity contribution in [3.63, 3.8) is 0 Å². The number of rotatable bonds is 8. The van der Waals surface area contributed by atoms with E-state index < -0.39 is 12.0 Å². The number of hydrogen-bond acceptors (Lipinski definition) is 5. The number of hydroxylamine groups is 1. The van der Waals surface area contributed by atoms with Gasteiger partial charge in [0.25, 0.3) is 0 Å². The van der Waals surface area contributed by atoms with Crippen LogP contribution in [-0.2, 0) is 16.1 Å². The normalized spacial score (nSPS) is 11.7. The summed E-state index contributed by atoms with van der Waals surface area (Å²) < 4.78 is 5.29. The van der Waals surface area contributed by atoms with E-state index in [1.54, 1.807) is 31.2 Å². The van der Waals surface area contributed by atoms with Crippen molar-refractivity contribution in [3.05, 3.63) is 42.1 Å². The number of hydrogen-bond donors (Lipinski definition) is 3. The maximum atomic E-state index is 10.6. The van der Waals surface area contributed by atoms with Crippen LogP contribution >= 0.6 is 0 Å². The Balaban J connectivity index is 2.39. The highest BCUT2D eigenvalue weighted by Gasteiger charge is 2.11. The minimum atomic E-state index is -1.01. The van der Waals surface area contributed by atoms with Gasteiger partial charge in [-0.25, -0.2) is 4.84 Å². The van der Waals surface area contributed by atoms with Crippen LogP contribution in [0.4, 0.5) is 0 Å². The fourth-order valence-corrected chi connectivity index (χ4v) is 1.31. The van der Waals surface area contributed by atoms with Gasteiger partial charge in [0, 0.05) is 5.70 Å². The molecular weight excluding hydrogens is 248 g/mol. The van der Waals surface area contributed by atoms with Crippen LogP contribution in [0, 0.1) is 0 Å². The van der Waals surface area contributed by atoms with Gasteiger partial charge in [0.15, 0.2) is 0 Å². The number of benzene rings is 1. The van der Waals surface area contributed by atoms with E-state index in [0.29, 0.717) is 11.4 Å². The van der Waals surface area contributed by atoms with Crippen LogP contribution in [0.25, 0.3) is 0 Å². The Morgan fingerprint density at radius 3 is 2.63 bits per heavy atom. The number of carboxylic acids is 1. The molecule has 0 saturated carbocycles. The minimum absolute atomic E-state index is 0.0425. The van der Waals surface area contributed by atoms with Crippen molar-refractivity contribution in [1.82, 2.24) is 5.48 Å². The molecule has 19 heavy (non-hydrogen) atoms. The number of ether oxygens (including phenoxy) is 1. The molecule has 0 spiro atoms. The van der Waals surface area contributed by atoms with Crippen LogP contribution in [-0.4, -0.2) is 23.9 Å². The second-order valence-electron chi connectivity index (χ2n) is 4.08. The summed E-state index contributed by atoms with van der Waals surface area (Å²) in [5, 5.41) is 8.71. The quantitative estimate of drug-likeness (QED) is 0.370. The summed E-state index contributed by atoms with van der Waals surface area (Å²) in [5.74, 6) is -0.393. The molecule has 1 aromatic carbocycles. The van der Waals surface area contributed by atoms with Gasteiger partial charge in [0.1, 0.15) is 11.8 Å². The van der Waals surface area contributed by atoms with Crippen molar-refractivity contribution >= 4 is 5.97 Å². The molecule has 1 aromatic rings. The molecule has 1 rings (SSSR count). The van der Waals surface area contributed by atoms with E-state index in [2.05, 4.69) is 12.1 Å². The molecule has 0 aliphatic heterocycles. The van der Waals surface area contributed by atoms with Gasteiger partial charge in [-0.15, -0.1) is 0 Å². The Bertz CT molecular complexity index is 431. The first kappa shape index (κ1) is 15.0. The highest BCUT2D eigenvalue weighted by Crippen LogP contribution is 2.13. The van der Waals surface area contributed by atoms with Crippen LogP contribution < -0.4 is 16.0 Å². The molecule has 0 heterocycles. The molecule has 6 heteroatoms. The lowest BCUT2D eigenvalue weighted by Gasteiger charge is -2.09. The van der Waals surface area contributed by atoms with Gasteiger partial charge in [-0.3, -0.25) is 10.3 Å². The van der Waals surface area contributed by atoms with Gasteiger partial charge in [-0.05, 0) is 31.0 Å². The van der Waals surface area contributed by atoms with Crippen molar-refractivity contribution in [2.45, 2.75) is 19.4 Å². The lowest BCUT2D eigenvalue weighted by Crippen LogP contribution is -2.32. The molecule has 6 nitrogen and oxygen atoms in total. The summed E-state index contributed by atoms with van der Waals surface area (Å²) in [5.41, 5.74) is 9.53. The van der Waals surface area contributed by atoms with E-state index in [9.17, 15) is 4.79 Å². The second kappa shape index (κ2) is 7.40. The summed E-state index contributed by atoms with van der Waals surface area (Å²) in [6, 6.07) is 6.10. The van der Waals surface area contributed by atoms with E-state index in [4.69, 9.17) is 20.4 Å². The maximum absolute atomic E-state index is 10.6. The van der Waals surface area contributed by atoms with E-state index in [1.807, 2.05) is 0 Å². The van der Waals surface area contributed by atoms with Crippen molar-refractivity contribution in [1.29, 1.82) is 0 Å². The average Bonchev–Trinajstić information content (AvgIpc) is 2.36. The first-order valence-corrected chi connectivity index (χ1v) is 5.72. The first-order valence-electron chi connectivity index (χ1n) is 5.72. The van der Waals surface area contributed by atoms with Gasteiger partial charge >= 0.3 is 5.97 Å². The molecule has 0 amide bonds.